The molecule has 3 rings (SSSR count). The molecule has 0 aliphatic heterocycles. The summed E-state index contributed by atoms with van der Waals surface area (Å²) in [6.07, 6.45) is 0. The Labute approximate surface area is 113 Å². The van der Waals surface area contributed by atoms with Gasteiger partial charge in [-0.05, 0) is 17.8 Å². The van der Waals surface area contributed by atoms with Crippen molar-refractivity contribution in [1.82, 2.24) is 0 Å². The summed E-state index contributed by atoms with van der Waals surface area (Å²) >= 11 is 0.903. The van der Waals surface area contributed by atoms with Crippen LogP contribution < -0.4 is 0 Å². The van der Waals surface area contributed by atoms with Crippen LogP contribution in [-0.4, -0.2) is 11.6 Å². The van der Waals surface area contributed by atoms with Crippen LogP contribution in [0, 0.1) is 10.7 Å². The lowest BCUT2D eigenvalue weighted by atomic mass is 9.84. The van der Waals surface area contributed by atoms with E-state index in [1.165, 1.54) is 0 Å². The van der Waals surface area contributed by atoms with E-state index in [1.807, 2.05) is 5.40 Å². The Hall–Kier alpha value is -2.38. The van der Waals surface area contributed by atoms with Crippen molar-refractivity contribution in [1.29, 1.82) is 5.26 Å². The normalized spacial score (nSPS) is 12.6. The molecule has 0 fully saturated rings. The van der Waals surface area contributed by atoms with Gasteiger partial charge in [0.15, 0.2) is 11.6 Å². The van der Waals surface area contributed by atoms with Crippen molar-refractivity contribution in [3.8, 4) is 5.40 Å². The number of nitriles is 1. The number of benzene rings is 2. The number of thioether (sulfide) groups is 1. The number of fused-ring (bicyclic) bond motifs is 2. The molecule has 1 aliphatic carbocycles. The predicted molar refractivity (Wildman–Crippen MR) is 71.2 cm³/mol. The van der Waals surface area contributed by atoms with Crippen LogP contribution in [0.3, 0.4) is 0 Å². The third kappa shape index (κ3) is 1.67. The molecular formula is C15H7NO2S. The Morgan fingerprint density at radius 1 is 0.842 bits per heavy atom. The fourth-order valence-corrected chi connectivity index (χ4v) is 2.80. The number of rotatable bonds is 1. The third-order valence-electron chi connectivity index (χ3n) is 3.07. The van der Waals surface area contributed by atoms with Gasteiger partial charge in [-0.1, -0.05) is 36.4 Å². The van der Waals surface area contributed by atoms with Gasteiger partial charge >= 0.3 is 0 Å². The first-order valence-electron chi connectivity index (χ1n) is 5.61. The Morgan fingerprint density at radius 2 is 1.47 bits per heavy atom. The van der Waals surface area contributed by atoms with Crippen molar-refractivity contribution in [3.63, 3.8) is 0 Å². The Balaban J connectivity index is 2.30. The SMILES string of the molecule is N#CSc1cccc2c1C(=O)c1ccccc1C2=O. The maximum Gasteiger partial charge on any atom is 0.195 e. The van der Waals surface area contributed by atoms with Crippen molar-refractivity contribution in [2.24, 2.45) is 0 Å². The molecule has 1 aliphatic rings. The van der Waals surface area contributed by atoms with Crippen LogP contribution in [0.1, 0.15) is 31.8 Å². The average molecular weight is 265 g/mol. The molecule has 0 saturated heterocycles. The first-order valence-corrected chi connectivity index (χ1v) is 6.43. The lowest BCUT2D eigenvalue weighted by Gasteiger charge is -2.18. The highest BCUT2D eigenvalue weighted by atomic mass is 32.2. The van der Waals surface area contributed by atoms with E-state index in [2.05, 4.69) is 0 Å². The maximum atomic E-state index is 12.5. The van der Waals surface area contributed by atoms with E-state index in [1.54, 1.807) is 42.5 Å². The predicted octanol–water partition coefficient (Wildman–Crippen LogP) is 3.04. The van der Waals surface area contributed by atoms with Crippen molar-refractivity contribution in [2.45, 2.75) is 4.90 Å². The summed E-state index contributed by atoms with van der Waals surface area (Å²) in [5.41, 5.74) is 1.56. The van der Waals surface area contributed by atoms with Crippen LogP contribution in [0.2, 0.25) is 0 Å². The summed E-state index contributed by atoms with van der Waals surface area (Å²) in [6.45, 7) is 0. The summed E-state index contributed by atoms with van der Waals surface area (Å²) in [5, 5.41) is 10.7. The smallest absolute Gasteiger partial charge is 0.195 e. The molecule has 0 aromatic heterocycles. The number of carbonyl (C=O) groups is 2. The second-order valence-electron chi connectivity index (χ2n) is 4.08. The highest BCUT2D eigenvalue weighted by Crippen LogP contribution is 2.33. The van der Waals surface area contributed by atoms with Crippen LogP contribution in [-0.2, 0) is 0 Å². The lowest BCUT2D eigenvalue weighted by Crippen LogP contribution is -2.21. The van der Waals surface area contributed by atoms with E-state index >= 15 is 0 Å². The van der Waals surface area contributed by atoms with E-state index < -0.39 is 0 Å². The molecule has 0 radical (unpaired) electrons. The standard InChI is InChI=1S/C15H7NO2S/c16-8-19-12-7-3-6-11-13(12)15(18)10-5-2-1-4-9(10)14(11)17/h1-7H. The molecule has 4 heteroatoms. The number of hydrogen-bond donors (Lipinski definition) is 0. The van der Waals surface area contributed by atoms with Gasteiger partial charge in [0, 0.05) is 27.1 Å². The van der Waals surface area contributed by atoms with Crippen LogP contribution in [0.4, 0.5) is 0 Å². The highest BCUT2D eigenvalue weighted by Gasteiger charge is 2.31. The van der Waals surface area contributed by atoms with E-state index in [-0.39, 0.29) is 11.6 Å². The van der Waals surface area contributed by atoms with Gasteiger partial charge in [0.25, 0.3) is 0 Å². The second-order valence-corrected chi connectivity index (χ2v) is 4.90. The van der Waals surface area contributed by atoms with Gasteiger partial charge in [0.1, 0.15) is 5.40 Å². The number of nitrogens with zero attached hydrogens (tertiary/aromatic N) is 1. The van der Waals surface area contributed by atoms with Gasteiger partial charge in [-0.15, -0.1) is 0 Å². The quantitative estimate of drug-likeness (QED) is 0.501. The molecule has 2 aromatic carbocycles. The molecule has 0 spiro atoms. The average Bonchev–Trinajstić information content (AvgIpc) is 2.45. The molecule has 0 N–H and O–H groups in total. The minimum Gasteiger partial charge on any atom is -0.289 e. The maximum absolute atomic E-state index is 12.5. The molecule has 0 bridgehead atoms. The largest absolute Gasteiger partial charge is 0.289 e. The molecular weight excluding hydrogens is 258 g/mol. The minimum absolute atomic E-state index is 0.161. The zero-order chi connectivity index (χ0) is 13.4. The van der Waals surface area contributed by atoms with Gasteiger partial charge in [-0.2, -0.15) is 5.26 Å². The topological polar surface area (TPSA) is 57.9 Å². The molecule has 0 atom stereocenters. The van der Waals surface area contributed by atoms with Crippen LogP contribution >= 0.6 is 11.8 Å². The number of ketones is 2. The van der Waals surface area contributed by atoms with E-state index in [0.29, 0.717) is 27.1 Å². The van der Waals surface area contributed by atoms with Crippen molar-refractivity contribution < 1.29 is 9.59 Å². The monoisotopic (exact) mass is 265 g/mol. The van der Waals surface area contributed by atoms with Gasteiger partial charge < -0.3 is 0 Å². The molecule has 0 amide bonds. The van der Waals surface area contributed by atoms with Crippen LogP contribution in [0.15, 0.2) is 47.4 Å². The molecule has 90 valence electrons. The van der Waals surface area contributed by atoms with Crippen molar-refractivity contribution in [2.75, 3.05) is 0 Å². The fraction of sp³-hybridized carbons (Fsp3) is 0. The highest BCUT2D eigenvalue weighted by molar-refractivity contribution is 8.03. The second kappa shape index (κ2) is 4.38. The molecule has 0 unspecified atom stereocenters. The molecule has 3 nitrogen and oxygen atoms in total. The summed E-state index contributed by atoms with van der Waals surface area (Å²) in [4.78, 5) is 25.4. The lowest BCUT2D eigenvalue weighted by molar-refractivity contribution is 0.0977. The Kier molecular flexibility index (Phi) is 2.69. The van der Waals surface area contributed by atoms with Gasteiger partial charge in [-0.3, -0.25) is 9.59 Å². The summed E-state index contributed by atoms with van der Waals surface area (Å²) < 4.78 is 0. The van der Waals surface area contributed by atoms with Crippen LogP contribution in [0.5, 0.6) is 0 Å². The van der Waals surface area contributed by atoms with Crippen LogP contribution in [0.25, 0.3) is 0 Å². The first-order chi connectivity index (χ1) is 9.24. The summed E-state index contributed by atoms with van der Waals surface area (Å²) in [7, 11) is 0. The van der Waals surface area contributed by atoms with E-state index in [9.17, 15) is 9.59 Å². The third-order valence-corrected chi connectivity index (χ3v) is 3.72. The molecule has 0 saturated carbocycles. The number of thiocyanates is 1. The summed E-state index contributed by atoms with van der Waals surface area (Å²) in [5.74, 6) is -0.353. The van der Waals surface area contributed by atoms with Gasteiger partial charge in [-0.25, -0.2) is 0 Å². The van der Waals surface area contributed by atoms with E-state index in [0.717, 1.165) is 11.8 Å². The minimum atomic E-state index is -0.191. The van der Waals surface area contributed by atoms with Gasteiger partial charge in [0.2, 0.25) is 0 Å². The molecule has 0 heterocycles. The number of hydrogen-bond acceptors (Lipinski definition) is 4. The zero-order valence-corrected chi connectivity index (χ0v) is 10.5. The Bertz CT molecular complexity index is 759. The molecule has 19 heavy (non-hydrogen) atoms. The van der Waals surface area contributed by atoms with Crippen molar-refractivity contribution >= 4 is 23.3 Å². The van der Waals surface area contributed by atoms with Crippen molar-refractivity contribution in [3.05, 3.63) is 64.7 Å². The Morgan fingerprint density at radius 3 is 2.16 bits per heavy atom. The fourth-order valence-electron chi connectivity index (χ4n) is 2.25. The first kappa shape index (κ1) is 11.7. The summed E-state index contributed by atoms with van der Waals surface area (Å²) in [6, 6.07) is 11.8. The molecule has 2 aromatic rings. The van der Waals surface area contributed by atoms with Gasteiger partial charge in [0.05, 0.1) is 0 Å². The zero-order valence-electron chi connectivity index (χ0n) is 9.71. The van der Waals surface area contributed by atoms with E-state index in [4.69, 9.17) is 5.26 Å². The number of carbonyl (C=O) groups excluding carboxylic acids is 2.